The van der Waals surface area contributed by atoms with E-state index in [0.29, 0.717) is 0 Å². The predicted molar refractivity (Wildman–Crippen MR) is 60.5 cm³/mol. The van der Waals surface area contributed by atoms with E-state index in [0.717, 1.165) is 11.1 Å². The lowest BCUT2D eigenvalue weighted by Gasteiger charge is -2.09. The van der Waals surface area contributed by atoms with Gasteiger partial charge in [0.15, 0.2) is 0 Å². The second-order valence-corrected chi connectivity index (χ2v) is 3.76. The van der Waals surface area contributed by atoms with Crippen LogP contribution in [0.25, 0.3) is 0 Å². The van der Waals surface area contributed by atoms with Crippen LogP contribution in [0.3, 0.4) is 0 Å². The molecule has 1 atom stereocenters. The molecule has 0 bridgehead atoms. The zero-order valence-corrected chi connectivity index (χ0v) is 8.79. The zero-order valence-electron chi connectivity index (χ0n) is 8.03. The average Bonchev–Trinajstić information content (AvgIpc) is 2.29. The molecular weight excluding hydrogens is 211 g/mol. The Kier molecular flexibility index (Phi) is 3.02. The highest BCUT2D eigenvalue weighted by atomic mass is 35.5. The number of hydrogen-bond acceptors (Lipinski definition) is 0. The van der Waals surface area contributed by atoms with Gasteiger partial charge in [0.05, 0.1) is 5.38 Å². The highest BCUT2D eigenvalue weighted by Crippen LogP contribution is 2.28. The van der Waals surface area contributed by atoms with Gasteiger partial charge in [0.25, 0.3) is 0 Å². The predicted octanol–water partition coefficient (Wildman–Crippen LogP) is 4.15. The summed E-state index contributed by atoms with van der Waals surface area (Å²) in [6.07, 6.45) is 0. The van der Waals surface area contributed by atoms with E-state index in [9.17, 15) is 4.39 Å². The van der Waals surface area contributed by atoms with Crippen LogP contribution < -0.4 is 0 Å². The van der Waals surface area contributed by atoms with Crippen LogP contribution in [0.1, 0.15) is 16.5 Å². The fourth-order valence-electron chi connectivity index (χ4n) is 1.48. The topological polar surface area (TPSA) is 0 Å². The molecule has 0 nitrogen and oxygen atoms in total. The number of benzene rings is 2. The smallest absolute Gasteiger partial charge is 0.123 e. The molecule has 76 valence electrons. The Morgan fingerprint density at radius 3 is 2.20 bits per heavy atom. The standard InChI is InChI=1S/C13H10ClF/c14-13(10-5-2-1-3-6-10)11-7-4-8-12(15)9-11/h1-9,13H. The van der Waals surface area contributed by atoms with Crippen molar-refractivity contribution in [3.8, 4) is 0 Å². The van der Waals surface area contributed by atoms with Crippen molar-refractivity contribution in [2.75, 3.05) is 0 Å². The Hall–Kier alpha value is -1.34. The van der Waals surface area contributed by atoms with E-state index < -0.39 is 0 Å². The summed E-state index contributed by atoms with van der Waals surface area (Å²) >= 11 is 6.24. The van der Waals surface area contributed by atoms with Gasteiger partial charge in [-0.1, -0.05) is 42.5 Å². The van der Waals surface area contributed by atoms with Crippen molar-refractivity contribution in [3.05, 3.63) is 71.5 Å². The van der Waals surface area contributed by atoms with Crippen molar-refractivity contribution in [3.63, 3.8) is 0 Å². The number of alkyl halides is 1. The second-order valence-electron chi connectivity index (χ2n) is 3.33. The molecule has 15 heavy (non-hydrogen) atoms. The Morgan fingerprint density at radius 2 is 1.53 bits per heavy atom. The number of rotatable bonds is 2. The summed E-state index contributed by atoms with van der Waals surface area (Å²) in [5.74, 6) is -0.255. The Morgan fingerprint density at radius 1 is 0.867 bits per heavy atom. The molecule has 0 spiro atoms. The summed E-state index contributed by atoms with van der Waals surface area (Å²) in [5.41, 5.74) is 1.76. The highest BCUT2D eigenvalue weighted by molar-refractivity contribution is 6.22. The molecule has 2 heteroatoms. The van der Waals surface area contributed by atoms with Crippen molar-refractivity contribution < 1.29 is 4.39 Å². The zero-order chi connectivity index (χ0) is 10.7. The van der Waals surface area contributed by atoms with Gasteiger partial charge in [0, 0.05) is 0 Å². The lowest BCUT2D eigenvalue weighted by molar-refractivity contribution is 0.626. The summed E-state index contributed by atoms with van der Waals surface area (Å²) < 4.78 is 13.0. The number of hydrogen-bond donors (Lipinski definition) is 0. The molecule has 0 aliphatic carbocycles. The maximum atomic E-state index is 13.0. The quantitative estimate of drug-likeness (QED) is 0.667. The average molecular weight is 221 g/mol. The first kappa shape index (κ1) is 10.2. The van der Waals surface area contributed by atoms with Gasteiger partial charge in [-0.15, -0.1) is 11.6 Å². The van der Waals surface area contributed by atoms with Gasteiger partial charge < -0.3 is 0 Å². The van der Waals surface area contributed by atoms with E-state index in [2.05, 4.69) is 0 Å². The van der Waals surface area contributed by atoms with E-state index in [1.807, 2.05) is 36.4 Å². The molecule has 0 aromatic heterocycles. The fourth-order valence-corrected chi connectivity index (χ4v) is 1.76. The van der Waals surface area contributed by atoms with E-state index >= 15 is 0 Å². The van der Waals surface area contributed by atoms with Crippen LogP contribution in [0.5, 0.6) is 0 Å². The maximum Gasteiger partial charge on any atom is 0.123 e. The highest BCUT2D eigenvalue weighted by Gasteiger charge is 2.10. The van der Waals surface area contributed by atoms with E-state index in [4.69, 9.17) is 11.6 Å². The van der Waals surface area contributed by atoms with Crippen LogP contribution >= 0.6 is 11.6 Å². The van der Waals surface area contributed by atoms with E-state index in [1.54, 1.807) is 6.07 Å². The molecule has 0 fully saturated rings. The normalized spacial score (nSPS) is 12.4. The third-order valence-electron chi connectivity index (χ3n) is 2.23. The van der Waals surface area contributed by atoms with Gasteiger partial charge in [-0.3, -0.25) is 0 Å². The lowest BCUT2D eigenvalue weighted by Crippen LogP contribution is -1.93. The number of halogens is 2. The SMILES string of the molecule is Fc1cccc(C(Cl)c2ccccc2)c1. The van der Waals surface area contributed by atoms with Crippen LogP contribution in [0.4, 0.5) is 4.39 Å². The molecule has 0 aliphatic heterocycles. The summed E-state index contributed by atoms with van der Waals surface area (Å²) in [4.78, 5) is 0. The second kappa shape index (κ2) is 4.45. The van der Waals surface area contributed by atoms with Gasteiger partial charge in [-0.05, 0) is 23.3 Å². The molecule has 0 saturated carbocycles. The van der Waals surface area contributed by atoms with Gasteiger partial charge in [-0.2, -0.15) is 0 Å². The molecule has 1 unspecified atom stereocenters. The largest absolute Gasteiger partial charge is 0.207 e. The van der Waals surface area contributed by atoms with Crippen molar-refractivity contribution in [1.29, 1.82) is 0 Å². The van der Waals surface area contributed by atoms with Crippen molar-refractivity contribution in [2.24, 2.45) is 0 Å². The summed E-state index contributed by atoms with van der Waals surface area (Å²) in [6, 6.07) is 16.0. The third-order valence-corrected chi connectivity index (χ3v) is 2.74. The molecule has 2 aromatic rings. The van der Waals surface area contributed by atoms with Gasteiger partial charge >= 0.3 is 0 Å². The molecule has 0 N–H and O–H groups in total. The Bertz CT molecular complexity index is 439. The maximum absolute atomic E-state index is 13.0. The van der Waals surface area contributed by atoms with Crippen molar-refractivity contribution in [2.45, 2.75) is 5.38 Å². The van der Waals surface area contributed by atoms with Crippen LogP contribution in [-0.4, -0.2) is 0 Å². The molecule has 0 heterocycles. The summed E-state index contributed by atoms with van der Waals surface area (Å²) in [6.45, 7) is 0. The van der Waals surface area contributed by atoms with Crippen LogP contribution in [0, 0.1) is 5.82 Å². The van der Waals surface area contributed by atoms with Crippen LogP contribution in [0.2, 0.25) is 0 Å². The molecule has 2 aromatic carbocycles. The minimum atomic E-state index is -0.290. The Labute approximate surface area is 93.3 Å². The van der Waals surface area contributed by atoms with Gasteiger partial charge in [-0.25, -0.2) is 4.39 Å². The molecular formula is C13H10ClF. The molecule has 2 rings (SSSR count). The molecule has 0 amide bonds. The van der Waals surface area contributed by atoms with E-state index in [-0.39, 0.29) is 11.2 Å². The monoisotopic (exact) mass is 220 g/mol. The fraction of sp³-hybridized carbons (Fsp3) is 0.0769. The Balaban J connectivity index is 2.32. The first-order valence-corrected chi connectivity index (χ1v) is 5.15. The minimum absolute atomic E-state index is 0.255. The van der Waals surface area contributed by atoms with Crippen molar-refractivity contribution >= 4 is 11.6 Å². The van der Waals surface area contributed by atoms with E-state index in [1.165, 1.54) is 12.1 Å². The molecule has 0 aliphatic rings. The summed E-state index contributed by atoms with van der Waals surface area (Å²) in [7, 11) is 0. The minimum Gasteiger partial charge on any atom is -0.207 e. The van der Waals surface area contributed by atoms with Crippen LogP contribution in [-0.2, 0) is 0 Å². The van der Waals surface area contributed by atoms with Crippen LogP contribution in [0.15, 0.2) is 54.6 Å². The third kappa shape index (κ3) is 2.37. The first-order valence-electron chi connectivity index (χ1n) is 4.72. The van der Waals surface area contributed by atoms with Gasteiger partial charge in [0.1, 0.15) is 5.82 Å². The molecule has 0 radical (unpaired) electrons. The van der Waals surface area contributed by atoms with Crippen molar-refractivity contribution in [1.82, 2.24) is 0 Å². The first-order chi connectivity index (χ1) is 7.27. The lowest BCUT2D eigenvalue weighted by atomic mass is 10.0. The van der Waals surface area contributed by atoms with Gasteiger partial charge in [0.2, 0.25) is 0 Å². The molecule has 0 saturated heterocycles. The summed E-state index contributed by atoms with van der Waals surface area (Å²) in [5, 5.41) is -0.290.